The Morgan fingerprint density at radius 1 is 1.10 bits per heavy atom. The molecule has 5 aromatic rings. The summed E-state index contributed by atoms with van der Waals surface area (Å²) >= 11 is 6.18. The third kappa shape index (κ3) is 5.00. The van der Waals surface area contributed by atoms with Gasteiger partial charge in [0.15, 0.2) is 5.82 Å². The molecule has 1 N–H and O–H groups in total. The Bertz CT molecular complexity index is 1760. The third-order valence-corrected chi connectivity index (χ3v) is 7.17. The van der Waals surface area contributed by atoms with Gasteiger partial charge >= 0.3 is 0 Å². The maximum Gasteiger partial charge on any atom is 0.222 e. The molecular formula is C30H25BClN5O3. The summed E-state index contributed by atoms with van der Waals surface area (Å²) in [6, 6.07) is 20.2. The number of aromatic nitrogens is 3. The van der Waals surface area contributed by atoms with Crippen molar-refractivity contribution in [2.24, 2.45) is 4.99 Å². The minimum Gasteiger partial charge on any atom is -0.497 e. The highest BCUT2D eigenvalue weighted by molar-refractivity contribution is 6.33. The molecule has 8 nitrogen and oxygen atoms in total. The number of carbonyl (C=O) groups is 1. The van der Waals surface area contributed by atoms with Gasteiger partial charge < -0.3 is 14.5 Å². The smallest absolute Gasteiger partial charge is 0.222 e. The largest absolute Gasteiger partial charge is 0.497 e. The van der Waals surface area contributed by atoms with E-state index in [0.29, 0.717) is 40.8 Å². The predicted octanol–water partition coefficient (Wildman–Crippen LogP) is 4.42. The van der Waals surface area contributed by atoms with Crippen LogP contribution < -0.4 is 15.5 Å². The van der Waals surface area contributed by atoms with E-state index >= 15 is 0 Å². The number of ether oxygens (including phenoxy) is 1. The highest BCUT2D eigenvalue weighted by Gasteiger charge is 2.30. The third-order valence-electron chi connectivity index (χ3n) is 6.91. The zero-order valence-corrected chi connectivity index (χ0v) is 22.8. The lowest BCUT2D eigenvalue weighted by molar-refractivity contribution is -0.121. The summed E-state index contributed by atoms with van der Waals surface area (Å²) in [4.78, 5) is 18.3. The van der Waals surface area contributed by atoms with Crippen molar-refractivity contribution in [1.82, 2.24) is 20.1 Å². The van der Waals surface area contributed by atoms with E-state index in [9.17, 15) is 4.79 Å². The monoisotopic (exact) mass is 549 g/mol. The van der Waals surface area contributed by atoms with E-state index in [2.05, 4.69) is 15.5 Å². The van der Waals surface area contributed by atoms with Crippen LogP contribution in [0.4, 0.5) is 0 Å². The first-order valence-electron chi connectivity index (χ1n) is 12.9. The van der Waals surface area contributed by atoms with Crippen LogP contribution in [0, 0.1) is 6.92 Å². The number of aryl methyl sites for hydroxylation is 1. The molecule has 0 bridgehead atoms. The van der Waals surface area contributed by atoms with E-state index in [-0.39, 0.29) is 12.3 Å². The van der Waals surface area contributed by atoms with Crippen molar-refractivity contribution in [1.29, 1.82) is 0 Å². The Morgan fingerprint density at radius 3 is 2.73 bits per heavy atom. The van der Waals surface area contributed by atoms with Crippen LogP contribution in [0.3, 0.4) is 0 Å². The fourth-order valence-corrected chi connectivity index (χ4v) is 5.12. The maximum atomic E-state index is 13.2. The molecule has 3 aromatic carbocycles. The van der Waals surface area contributed by atoms with Gasteiger partial charge in [0.25, 0.3) is 0 Å². The molecule has 1 aliphatic rings. The number of nitrogens with one attached hydrogen (secondary N) is 1. The summed E-state index contributed by atoms with van der Waals surface area (Å²) in [7, 11) is 7.50. The van der Waals surface area contributed by atoms with Crippen molar-refractivity contribution < 1.29 is 13.9 Å². The number of amides is 1. The fraction of sp³-hybridized carbons (Fsp3) is 0.200. The second-order valence-corrected chi connectivity index (χ2v) is 10.1. The summed E-state index contributed by atoms with van der Waals surface area (Å²) in [6.07, 6.45) is 0.641. The van der Waals surface area contributed by atoms with Gasteiger partial charge in [-0.05, 0) is 49.4 Å². The lowest BCUT2D eigenvalue weighted by atomic mass is 9.95. The lowest BCUT2D eigenvalue weighted by Gasteiger charge is -2.14. The molecule has 0 saturated heterocycles. The zero-order chi connectivity index (χ0) is 27.8. The molecule has 2 aromatic heterocycles. The molecule has 0 unspecified atom stereocenters. The zero-order valence-electron chi connectivity index (χ0n) is 22.0. The van der Waals surface area contributed by atoms with Gasteiger partial charge in [-0.2, -0.15) is 0 Å². The first-order chi connectivity index (χ1) is 19.4. The summed E-state index contributed by atoms with van der Waals surface area (Å²) in [5.74, 6) is 2.61. The number of furan rings is 1. The van der Waals surface area contributed by atoms with Gasteiger partial charge in [0.2, 0.25) is 5.91 Å². The number of methoxy groups -OCH3 is 1. The van der Waals surface area contributed by atoms with Gasteiger partial charge in [-0.25, -0.2) is 0 Å². The number of hydrogen-bond donors (Lipinski definition) is 1. The van der Waals surface area contributed by atoms with Crippen molar-refractivity contribution in [3.8, 4) is 11.4 Å². The minimum absolute atomic E-state index is 0.0943. The molecule has 1 atom stereocenters. The molecule has 3 heterocycles. The number of fused-ring (bicyclic) bond motifs is 4. The number of hydrogen-bond acceptors (Lipinski definition) is 6. The molecule has 10 heteroatoms. The Morgan fingerprint density at radius 2 is 1.93 bits per heavy atom. The van der Waals surface area contributed by atoms with E-state index in [1.54, 1.807) is 13.2 Å². The first kappa shape index (κ1) is 25.9. The van der Waals surface area contributed by atoms with Gasteiger partial charge in [0.05, 0.1) is 24.9 Å². The van der Waals surface area contributed by atoms with Crippen molar-refractivity contribution in [2.75, 3.05) is 13.7 Å². The second kappa shape index (κ2) is 10.7. The molecule has 0 saturated carbocycles. The van der Waals surface area contributed by atoms with Gasteiger partial charge in [-0.3, -0.25) is 14.4 Å². The topological polar surface area (TPSA) is 94.5 Å². The molecule has 0 aliphatic carbocycles. The quantitative estimate of drug-likeness (QED) is 0.303. The van der Waals surface area contributed by atoms with Crippen LogP contribution >= 0.6 is 11.6 Å². The second-order valence-electron chi connectivity index (χ2n) is 9.64. The van der Waals surface area contributed by atoms with Crippen LogP contribution in [0.2, 0.25) is 5.02 Å². The normalized spacial score (nSPS) is 14.3. The van der Waals surface area contributed by atoms with Gasteiger partial charge in [0, 0.05) is 34.5 Å². The first-order valence-corrected chi connectivity index (χ1v) is 13.3. The highest BCUT2D eigenvalue weighted by Crippen LogP contribution is 2.34. The van der Waals surface area contributed by atoms with Gasteiger partial charge in [-0.15, -0.1) is 10.2 Å². The number of carbonyl (C=O) groups excluding carboxylic acids is 1. The molecule has 0 fully saturated rings. The molecule has 0 spiro atoms. The molecular weight excluding hydrogens is 525 g/mol. The van der Waals surface area contributed by atoms with E-state index in [1.807, 2.05) is 72.2 Å². The van der Waals surface area contributed by atoms with Gasteiger partial charge in [0.1, 0.15) is 36.8 Å². The number of halogens is 1. The Balaban J connectivity index is 1.29. The molecule has 2 radical (unpaired) electrons. The Labute approximate surface area is 237 Å². The SMILES string of the molecule is [B]c1ccc2oc(CCNC(=O)C[C@@H]3N=C(c4ccc(Cl)cc4)c4cc(OC)ccc4-n4c(C)nnc43)cc2c1. The highest BCUT2D eigenvalue weighted by atomic mass is 35.5. The lowest BCUT2D eigenvalue weighted by Crippen LogP contribution is -2.27. The van der Waals surface area contributed by atoms with E-state index in [4.69, 9.17) is 33.6 Å². The van der Waals surface area contributed by atoms with Crippen molar-refractivity contribution >= 4 is 47.5 Å². The average molecular weight is 550 g/mol. The van der Waals surface area contributed by atoms with Crippen LogP contribution in [0.1, 0.15) is 41.0 Å². The Hall–Kier alpha value is -4.37. The summed E-state index contributed by atoms with van der Waals surface area (Å²) < 4.78 is 13.4. The minimum atomic E-state index is -0.570. The van der Waals surface area contributed by atoms with Crippen LogP contribution in [0.5, 0.6) is 5.75 Å². The van der Waals surface area contributed by atoms with E-state index in [1.165, 1.54) is 0 Å². The van der Waals surface area contributed by atoms with Crippen molar-refractivity contribution in [2.45, 2.75) is 25.8 Å². The standard InChI is InChI=1S/C30H25BClN5O3/c1-17-35-36-30-25(16-28(38)33-12-11-23-14-19-13-20(31)5-10-27(19)40-23)34-29(18-3-6-21(32)7-4-18)24-15-22(39-2)8-9-26(24)37(17)30/h3-10,13-15,25H,11-12,16H2,1-2H3,(H,33,38)/t25-/m0/s1. The van der Waals surface area contributed by atoms with Crippen LogP contribution in [0.25, 0.3) is 16.7 Å². The fourth-order valence-electron chi connectivity index (χ4n) is 4.99. The Kier molecular flexibility index (Phi) is 6.90. The molecule has 40 heavy (non-hydrogen) atoms. The number of benzene rings is 3. The number of nitrogens with zero attached hydrogens (tertiary/aromatic N) is 4. The molecule has 1 amide bonds. The van der Waals surface area contributed by atoms with E-state index in [0.717, 1.165) is 39.3 Å². The van der Waals surface area contributed by atoms with Crippen molar-refractivity contribution in [3.05, 3.63) is 100 Å². The van der Waals surface area contributed by atoms with Crippen LogP contribution in [-0.4, -0.2) is 47.9 Å². The van der Waals surface area contributed by atoms with Crippen molar-refractivity contribution in [3.63, 3.8) is 0 Å². The number of aliphatic imine (C=N–C) groups is 1. The predicted molar refractivity (Wildman–Crippen MR) is 155 cm³/mol. The average Bonchev–Trinajstić information content (AvgIpc) is 3.50. The molecule has 1 aliphatic heterocycles. The van der Waals surface area contributed by atoms with E-state index < -0.39 is 6.04 Å². The number of rotatable bonds is 7. The van der Waals surface area contributed by atoms with Crippen LogP contribution in [0.15, 0.2) is 76.1 Å². The summed E-state index contributed by atoms with van der Waals surface area (Å²) in [6.45, 7) is 2.30. The molecule has 198 valence electrons. The molecule has 6 rings (SSSR count). The van der Waals surface area contributed by atoms with Crippen LogP contribution in [-0.2, 0) is 11.2 Å². The maximum absolute atomic E-state index is 13.2. The van der Waals surface area contributed by atoms with Gasteiger partial charge in [-0.1, -0.05) is 41.3 Å². The summed E-state index contributed by atoms with van der Waals surface area (Å²) in [5.41, 5.74) is 4.74. The summed E-state index contributed by atoms with van der Waals surface area (Å²) in [5, 5.41) is 13.3.